The van der Waals surface area contributed by atoms with Crippen molar-refractivity contribution in [3.8, 4) is 0 Å². The molecule has 8 atom stereocenters. The first-order valence-electron chi connectivity index (χ1n) is 19.8. The molecule has 6 heteroatoms. The van der Waals surface area contributed by atoms with Crippen LogP contribution in [0.4, 0.5) is 0 Å². The number of aliphatic hydroxyl groups excluding tert-OH is 2. The molecule has 0 radical (unpaired) electrons. The Balaban J connectivity index is 0.000000167. The fourth-order valence-electron chi connectivity index (χ4n) is 11.2. The fraction of sp³-hybridized carbons (Fsp3) is 0.429. The Morgan fingerprint density at radius 2 is 0.945 bits per heavy atom. The highest BCUT2D eigenvalue weighted by molar-refractivity contribution is 6.27. The Labute approximate surface area is 326 Å². The van der Waals surface area contributed by atoms with Crippen LogP contribution in [0.3, 0.4) is 0 Å². The number of carbonyl (C=O) groups excluding carboxylic acids is 2. The molecule has 288 valence electrons. The first-order valence-corrected chi connectivity index (χ1v) is 19.8. The summed E-state index contributed by atoms with van der Waals surface area (Å²) in [7, 11) is 0. The van der Waals surface area contributed by atoms with E-state index in [2.05, 4.69) is 70.2 Å². The second-order valence-electron chi connectivity index (χ2n) is 17.0. The van der Waals surface area contributed by atoms with Crippen LogP contribution in [-0.4, -0.2) is 45.2 Å². The van der Waals surface area contributed by atoms with Crippen LogP contribution >= 0.6 is 0 Å². The topological polar surface area (TPSA) is 93.1 Å². The highest BCUT2D eigenvalue weighted by Crippen LogP contribution is 2.61. The molecule has 3 aromatic rings. The number of fused-ring (bicyclic) bond motifs is 10. The van der Waals surface area contributed by atoms with E-state index in [-0.39, 0.29) is 59.0 Å². The number of hydrogen-bond acceptors (Lipinski definition) is 6. The molecule has 55 heavy (non-hydrogen) atoms. The van der Waals surface area contributed by atoms with Gasteiger partial charge in [0.1, 0.15) is 11.5 Å². The minimum absolute atomic E-state index is 0.0122. The predicted octanol–water partition coefficient (Wildman–Crippen LogP) is 10.3. The Bertz CT molecular complexity index is 2250. The second kappa shape index (κ2) is 13.3. The van der Waals surface area contributed by atoms with Crippen molar-refractivity contribution in [1.82, 2.24) is 0 Å². The molecule has 9 rings (SSSR count). The van der Waals surface area contributed by atoms with Crippen molar-refractivity contribution in [2.75, 3.05) is 0 Å². The maximum Gasteiger partial charge on any atom is 0.174 e. The zero-order valence-electron chi connectivity index (χ0n) is 34.7. The molecule has 2 aliphatic carbocycles. The predicted molar refractivity (Wildman–Crippen MR) is 220 cm³/mol. The highest BCUT2D eigenvalue weighted by Gasteiger charge is 2.67. The van der Waals surface area contributed by atoms with Crippen molar-refractivity contribution in [3.63, 3.8) is 0 Å². The molecule has 0 saturated carbocycles. The second-order valence-corrected chi connectivity index (χ2v) is 17.0. The SMILES string of the molecule is CC.Cc1cc(C)c(C2=C(O)[C@H]3[C@@H](C2=O)C2(C)C=CC3(C)O2)c(C)c1.Cc1cc(C)c(C2=C[C@@H]3OC2[C@H]2C(O)=C(c4c(C)cc(C)cc4C)C(=O)[C@@H]32)c(C)c1. The molecular weight excluding hydrogens is 685 g/mol. The summed E-state index contributed by atoms with van der Waals surface area (Å²) in [5.41, 5.74) is 14.0. The fourth-order valence-corrected chi connectivity index (χ4v) is 11.2. The molecule has 6 nitrogen and oxygen atoms in total. The zero-order chi connectivity index (χ0) is 40.2. The van der Waals surface area contributed by atoms with Crippen LogP contribution in [0.2, 0.25) is 0 Å². The number of hydrogen-bond donors (Lipinski definition) is 2. The van der Waals surface area contributed by atoms with E-state index < -0.39 is 11.2 Å². The molecule has 0 aromatic heterocycles. The number of rotatable bonds is 3. The smallest absolute Gasteiger partial charge is 0.174 e. The molecule has 3 unspecified atom stereocenters. The number of ketones is 2. The van der Waals surface area contributed by atoms with Crippen LogP contribution in [-0.2, 0) is 19.1 Å². The maximum atomic E-state index is 13.5. The van der Waals surface area contributed by atoms with Gasteiger partial charge in [0.2, 0.25) is 0 Å². The van der Waals surface area contributed by atoms with E-state index in [9.17, 15) is 19.8 Å². The standard InChI is InChI=1S/C27H28O3.C20H22O3.C2H6/c1-12-7-14(3)20(15(4)8-12)18-11-19-22-24(27(18)30-19)26(29)23(25(22)28)21-16(5)9-13(2)10-17(21)6;1-10-8-11(2)13(12(3)9-10)14-17(21)15-16(18(14)22)20(5)7-6-19(15,4)23-20;1-2/h7-11,19,22,24,27,29H,1-6H3;6-9,15-16,21H,1-5H3;1-2H3/t19-,22-,24+,27?;15-,16+,19?,20?;/m01./s1. The lowest BCUT2D eigenvalue weighted by Crippen LogP contribution is -2.36. The van der Waals surface area contributed by atoms with Crippen LogP contribution in [0.5, 0.6) is 0 Å². The van der Waals surface area contributed by atoms with Gasteiger partial charge in [-0.25, -0.2) is 0 Å². The van der Waals surface area contributed by atoms with Crippen LogP contribution in [0.1, 0.15) is 94.5 Å². The summed E-state index contributed by atoms with van der Waals surface area (Å²) in [4.78, 5) is 26.7. The number of aryl methyl sites for hydroxylation is 9. The van der Waals surface area contributed by atoms with Gasteiger partial charge in [0.25, 0.3) is 0 Å². The van der Waals surface area contributed by atoms with Crippen molar-refractivity contribution in [2.24, 2.45) is 23.7 Å². The van der Waals surface area contributed by atoms with Crippen molar-refractivity contribution >= 4 is 28.3 Å². The highest BCUT2D eigenvalue weighted by atomic mass is 16.5. The molecule has 4 aliphatic heterocycles. The van der Waals surface area contributed by atoms with Gasteiger partial charge in [-0.3, -0.25) is 9.59 Å². The number of aliphatic hydroxyl groups is 2. The van der Waals surface area contributed by atoms with Gasteiger partial charge in [-0.05, 0) is 138 Å². The summed E-state index contributed by atoms with van der Waals surface area (Å²) < 4.78 is 12.3. The molecule has 2 N–H and O–H groups in total. The minimum atomic E-state index is -0.612. The van der Waals surface area contributed by atoms with E-state index >= 15 is 0 Å². The molecule has 3 aromatic carbocycles. The van der Waals surface area contributed by atoms with Crippen LogP contribution in [0.25, 0.3) is 16.7 Å². The number of allylic oxidation sites excluding steroid dienone is 2. The van der Waals surface area contributed by atoms with E-state index in [0.717, 1.165) is 44.5 Å². The average molecular weight is 741 g/mol. The molecule has 2 fully saturated rings. The minimum Gasteiger partial charge on any atom is -0.511 e. The van der Waals surface area contributed by atoms with E-state index in [1.54, 1.807) is 0 Å². The summed E-state index contributed by atoms with van der Waals surface area (Å²) in [6.07, 6.45) is 5.56. The largest absolute Gasteiger partial charge is 0.511 e. The van der Waals surface area contributed by atoms with E-state index in [1.807, 2.05) is 74.5 Å². The third-order valence-corrected chi connectivity index (χ3v) is 12.8. The van der Waals surface area contributed by atoms with Crippen LogP contribution < -0.4 is 0 Å². The van der Waals surface area contributed by atoms with Crippen molar-refractivity contribution in [3.05, 3.63) is 133 Å². The first-order chi connectivity index (χ1) is 25.9. The lowest BCUT2D eigenvalue weighted by Gasteiger charge is -2.26. The summed E-state index contributed by atoms with van der Waals surface area (Å²) >= 11 is 0. The summed E-state index contributed by atoms with van der Waals surface area (Å²) in [6.45, 7) is 26.4. The lowest BCUT2D eigenvalue weighted by molar-refractivity contribution is -0.120. The third-order valence-electron chi connectivity index (χ3n) is 12.8. The molecule has 4 bridgehead atoms. The summed E-state index contributed by atoms with van der Waals surface area (Å²) in [5.74, 6) is -0.776. The van der Waals surface area contributed by atoms with E-state index in [1.165, 1.54) is 27.8 Å². The number of benzene rings is 3. The van der Waals surface area contributed by atoms with Gasteiger partial charge < -0.3 is 19.7 Å². The Hall–Kier alpha value is -4.52. The molecular formula is C49H56O6. The van der Waals surface area contributed by atoms with Gasteiger partial charge in [0, 0.05) is 0 Å². The third kappa shape index (κ3) is 5.65. The van der Waals surface area contributed by atoms with E-state index in [4.69, 9.17) is 9.47 Å². The molecule has 0 amide bonds. The molecule has 2 saturated heterocycles. The Morgan fingerprint density at radius 1 is 0.545 bits per heavy atom. The average Bonchev–Trinajstić information content (AvgIpc) is 3.90. The van der Waals surface area contributed by atoms with E-state index in [0.29, 0.717) is 11.1 Å². The first kappa shape index (κ1) is 38.7. The molecule has 0 spiro atoms. The normalized spacial score (nSPS) is 30.7. The van der Waals surface area contributed by atoms with Crippen LogP contribution in [0, 0.1) is 86.0 Å². The maximum absolute atomic E-state index is 13.5. The van der Waals surface area contributed by atoms with Gasteiger partial charge >= 0.3 is 0 Å². The number of Topliss-reactive ketones (excluding diaryl/α,β-unsaturated/α-hetero) is 2. The monoisotopic (exact) mass is 740 g/mol. The van der Waals surface area contributed by atoms with Gasteiger partial charge in [-0.15, -0.1) is 0 Å². The Morgan fingerprint density at radius 3 is 1.38 bits per heavy atom. The number of carbonyl (C=O) groups is 2. The van der Waals surface area contributed by atoms with Gasteiger partial charge in [0.15, 0.2) is 11.6 Å². The van der Waals surface area contributed by atoms with Crippen molar-refractivity contribution in [2.45, 2.75) is 113 Å². The van der Waals surface area contributed by atoms with Gasteiger partial charge in [-0.2, -0.15) is 0 Å². The van der Waals surface area contributed by atoms with Crippen molar-refractivity contribution in [1.29, 1.82) is 0 Å². The number of ether oxygens (including phenoxy) is 2. The zero-order valence-corrected chi connectivity index (χ0v) is 34.7. The van der Waals surface area contributed by atoms with Crippen molar-refractivity contribution < 1.29 is 29.3 Å². The summed E-state index contributed by atoms with van der Waals surface area (Å²) in [6, 6.07) is 12.7. The quantitative estimate of drug-likeness (QED) is 0.260. The molecule has 4 heterocycles. The Kier molecular flexibility index (Phi) is 9.37. The van der Waals surface area contributed by atoms with Gasteiger partial charge in [0.05, 0.1) is 58.2 Å². The summed E-state index contributed by atoms with van der Waals surface area (Å²) in [5, 5.41) is 22.3. The lowest BCUT2D eigenvalue weighted by atomic mass is 9.72. The van der Waals surface area contributed by atoms with Crippen LogP contribution in [0.15, 0.2) is 66.1 Å². The van der Waals surface area contributed by atoms with Gasteiger partial charge in [-0.1, -0.05) is 79.1 Å². The molecule has 6 aliphatic rings.